The Morgan fingerprint density at radius 2 is 0.850 bits per heavy atom. The highest BCUT2D eigenvalue weighted by Gasteiger charge is 2.00. The van der Waals surface area contributed by atoms with Crippen molar-refractivity contribution in [1.29, 1.82) is 0 Å². The van der Waals surface area contributed by atoms with Crippen LogP contribution in [0.3, 0.4) is 0 Å². The third-order valence-corrected chi connectivity index (χ3v) is 5.40. The summed E-state index contributed by atoms with van der Waals surface area (Å²) in [6.07, 6.45) is 5.85. The van der Waals surface area contributed by atoms with Gasteiger partial charge >= 0.3 is 0 Å². The van der Waals surface area contributed by atoms with E-state index in [-0.39, 0.29) is 0 Å². The average molecular weight is 531 g/mol. The zero-order chi connectivity index (χ0) is 28.4. The number of hydrogen-bond donors (Lipinski definition) is 2. The Labute approximate surface area is 233 Å². The van der Waals surface area contributed by atoms with Gasteiger partial charge in [0.25, 0.3) is 0 Å². The Morgan fingerprint density at radius 1 is 0.500 bits per heavy atom. The minimum Gasteiger partial charge on any atom is -0.411 e. The second kappa shape index (κ2) is 16.4. The van der Waals surface area contributed by atoms with E-state index in [0.29, 0.717) is 11.4 Å². The van der Waals surface area contributed by atoms with E-state index in [2.05, 4.69) is 30.7 Å². The first kappa shape index (κ1) is 29.1. The molecule has 0 amide bonds. The van der Waals surface area contributed by atoms with Crippen molar-refractivity contribution in [2.45, 2.75) is 13.8 Å². The highest BCUT2D eigenvalue weighted by Crippen LogP contribution is 2.04. The topological polar surface area (TPSA) is 115 Å². The predicted octanol–water partition coefficient (Wildman–Crippen LogP) is 6.56. The Hall–Kier alpha value is -5.50. The molecular formula is C32H30N6O2. The number of oxime groups is 2. The summed E-state index contributed by atoms with van der Waals surface area (Å²) in [4.78, 5) is 0. The molecule has 0 saturated carbocycles. The lowest BCUT2D eigenvalue weighted by Gasteiger charge is -1.97. The summed E-state index contributed by atoms with van der Waals surface area (Å²) in [5, 5.41) is 39.6. The van der Waals surface area contributed by atoms with Crippen LogP contribution < -0.4 is 0 Å². The van der Waals surface area contributed by atoms with Crippen molar-refractivity contribution in [3.8, 4) is 0 Å². The van der Waals surface area contributed by atoms with Crippen LogP contribution in [0.4, 0.5) is 0 Å². The van der Waals surface area contributed by atoms with Crippen LogP contribution in [0.2, 0.25) is 0 Å². The summed E-state index contributed by atoms with van der Waals surface area (Å²) in [7, 11) is 0. The zero-order valence-corrected chi connectivity index (χ0v) is 22.3. The van der Waals surface area contributed by atoms with Gasteiger partial charge in [-0.2, -0.15) is 10.2 Å². The molecule has 2 N–H and O–H groups in total. The largest absolute Gasteiger partial charge is 0.411 e. The summed E-state index contributed by atoms with van der Waals surface area (Å²) >= 11 is 0. The summed E-state index contributed by atoms with van der Waals surface area (Å²) in [5.74, 6) is 0. The van der Waals surface area contributed by atoms with Crippen LogP contribution >= 0.6 is 0 Å². The van der Waals surface area contributed by atoms with Crippen molar-refractivity contribution >= 4 is 36.3 Å². The third kappa shape index (κ3) is 10.1. The minimum absolute atomic E-state index is 0.497. The molecule has 40 heavy (non-hydrogen) atoms. The van der Waals surface area contributed by atoms with E-state index in [1.54, 1.807) is 12.4 Å². The van der Waals surface area contributed by atoms with Gasteiger partial charge in [0.05, 0.1) is 24.9 Å². The van der Waals surface area contributed by atoms with Gasteiger partial charge in [0.15, 0.2) is 0 Å². The molecule has 8 nitrogen and oxygen atoms in total. The van der Waals surface area contributed by atoms with E-state index in [1.807, 2.05) is 123 Å². The number of aryl methyl sites for hydroxylation is 2. The van der Waals surface area contributed by atoms with Gasteiger partial charge in [-0.15, -0.1) is 10.2 Å². The van der Waals surface area contributed by atoms with Crippen LogP contribution in [0.1, 0.15) is 33.4 Å². The molecule has 0 atom stereocenters. The maximum atomic E-state index is 8.68. The normalized spacial score (nSPS) is 12.3. The van der Waals surface area contributed by atoms with Crippen LogP contribution in [0.5, 0.6) is 0 Å². The molecule has 4 aromatic rings. The lowest BCUT2D eigenvalue weighted by atomic mass is 10.1. The average Bonchev–Trinajstić information content (AvgIpc) is 2.99. The van der Waals surface area contributed by atoms with E-state index >= 15 is 0 Å². The van der Waals surface area contributed by atoms with Crippen molar-refractivity contribution in [3.63, 3.8) is 0 Å². The van der Waals surface area contributed by atoms with Crippen LogP contribution in [0.25, 0.3) is 0 Å². The summed E-state index contributed by atoms with van der Waals surface area (Å²) < 4.78 is 0. The van der Waals surface area contributed by atoms with Crippen LogP contribution in [-0.2, 0) is 0 Å². The molecule has 0 aliphatic heterocycles. The lowest BCUT2D eigenvalue weighted by Crippen LogP contribution is -2.01. The molecule has 0 radical (unpaired) electrons. The van der Waals surface area contributed by atoms with Crippen LogP contribution in [0.15, 0.2) is 140 Å². The molecule has 0 saturated heterocycles. The van der Waals surface area contributed by atoms with Gasteiger partial charge in [-0.3, -0.25) is 0 Å². The fraction of sp³-hybridized carbons (Fsp3) is 0.0625. The smallest absolute Gasteiger partial charge is 0.114 e. The quantitative estimate of drug-likeness (QED) is 0.153. The molecule has 8 heteroatoms. The lowest BCUT2D eigenvalue weighted by molar-refractivity contribution is 0.322. The molecule has 0 bridgehead atoms. The number of nitrogens with zero attached hydrogens (tertiary/aromatic N) is 6. The molecule has 0 spiro atoms. The Kier molecular flexibility index (Phi) is 11.9. The molecule has 0 fully saturated rings. The first-order valence-electron chi connectivity index (χ1n) is 12.4. The van der Waals surface area contributed by atoms with Crippen molar-refractivity contribution < 1.29 is 10.4 Å². The van der Waals surface area contributed by atoms with Gasteiger partial charge in [0, 0.05) is 11.1 Å². The van der Waals surface area contributed by atoms with Crippen LogP contribution in [0, 0.1) is 13.8 Å². The monoisotopic (exact) mass is 530 g/mol. The third-order valence-electron chi connectivity index (χ3n) is 5.40. The molecule has 4 aromatic carbocycles. The SMILES string of the molecule is Cc1ccc(/C=N/N=C(\C=N\O)c2ccccc2)cc1.Cc1ccc(/C=N/N=C(\C=N\O)c2ccccc2)cc1. The Morgan fingerprint density at radius 3 is 1.18 bits per heavy atom. The first-order valence-corrected chi connectivity index (χ1v) is 12.4. The fourth-order valence-electron chi connectivity index (χ4n) is 3.26. The van der Waals surface area contributed by atoms with Gasteiger partial charge in [-0.05, 0) is 25.0 Å². The second-order valence-electron chi connectivity index (χ2n) is 8.50. The summed E-state index contributed by atoms with van der Waals surface area (Å²) in [6.45, 7) is 4.06. The molecule has 0 aromatic heterocycles. The summed E-state index contributed by atoms with van der Waals surface area (Å²) in [5.41, 5.74) is 7.00. The zero-order valence-electron chi connectivity index (χ0n) is 22.3. The Bertz CT molecular complexity index is 1370. The van der Waals surface area contributed by atoms with Crippen molar-refractivity contribution in [2.75, 3.05) is 0 Å². The fourth-order valence-corrected chi connectivity index (χ4v) is 3.26. The molecule has 200 valence electrons. The Balaban J connectivity index is 0.000000220. The predicted molar refractivity (Wildman–Crippen MR) is 164 cm³/mol. The number of hydrogen-bond acceptors (Lipinski definition) is 8. The van der Waals surface area contributed by atoms with E-state index in [1.165, 1.54) is 23.6 Å². The molecule has 0 aliphatic carbocycles. The second-order valence-corrected chi connectivity index (χ2v) is 8.50. The van der Waals surface area contributed by atoms with Gasteiger partial charge in [0.1, 0.15) is 11.4 Å². The van der Waals surface area contributed by atoms with Gasteiger partial charge < -0.3 is 10.4 Å². The molecule has 4 rings (SSSR count). The van der Waals surface area contributed by atoms with Crippen molar-refractivity contribution in [1.82, 2.24) is 0 Å². The molecule has 0 heterocycles. The standard InChI is InChI=1S/2C16H15N3O/c2*1-13-7-9-14(10-8-13)11-17-19-16(12-18-20)15-5-3-2-4-6-15/h2*2-12,20H,1H3/b2*17-11+,18-12+,19-16+. The van der Waals surface area contributed by atoms with Crippen LogP contribution in [-0.4, -0.2) is 46.7 Å². The van der Waals surface area contributed by atoms with Gasteiger partial charge in [-0.25, -0.2) is 0 Å². The van der Waals surface area contributed by atoms with Crippen molar-refractivity contribution in [3.05, 3.63) is 143 Å². The molecule has 0 unspecified atom stereocenters. The van der Waals surface area contributed by atoms with E-state index in [4.69, 9.17) is 10.4 Å². The minimum atomic E-state index is 0.497. The molecular weight excluding hydrogens is 500 g/mol. The van der Waals surface area contributed by atoms with Gasteiger partial charge in [-0.1, -0.05) is 131 Å². The summed E-state index contributed by atoms with van der Waals surface area (Å²) in [6, 6.07) is 34.8. The van der Waals surface area contributed by atoms with E-state index in [0.717, 1.165) is 22.3 Å². The van der Waals surface area contributed by atoms with Gasteiger partial charge in [0.2, 0.25) is 0 Å². The van der Waals surface area contributed by atoms with Crippen molar-refractivity contribution in [2.24, 2.45) is 30.7 Å². The number of rotatable bonds is 8. The maximum absolute atomic E-state index is 8.68. The van der Waals surface area contributed by atoms with E-state index in [9.17, 15) is 0 Å². The maximum Gasteiger partial charge on any atom is 0.114 e. The number of benzene rings is 4. The molecule has 0 aliphatic rings. The first-order chi connectivity index (χ1) is 19.6. The highest BCUT2D eigenvalue weighted by atomic mass is 16.4. The highest BCUT2D eigenvalue weighted by molar-refractivity contribution is 6.38. The van der Waals surface area contributed by atoms with E-state index < -0.39 is 0 Å².